The number of benzene rings is 1. The van der Waals surface area contributed by atoms with Crippen LogP contribution >= 0.6 is 15.9 Å². The maximum atomic E-state index is 12.3. The van der Waals surface area contributed by atoms with Crippen LogP contribution in [0.5, 0.6) is 0 Å². The van der Waals surface area contributed by atoms with Crippen LogP contribution in [0.15, 0.2) is 43.0 Å². The standard InChI is InChI=1S/C16H21BrN4O3S/c1-11-12(2)24-15(21-11)10-20-16(18-3)19-8-9-25(22,23)14-6-4-13(17)5-7-14/h4-7H,8-10H2,1-3H3,(H2,18,19,20). The van der Waals surface area contributed by atoms with Crippen molar-refractivity contribution in [3.05, 3.63) is 46.1 Å². The number of halogens is 1. The molecule has 1 aromatic carbocycles. The summed E-state index contributed by atoms with van der Waals surface area (Å²) in [6, 6.07) is 6.59. The van der Waals surface area contributed by atoms with Gasteiger partial charge in [0, 0.05) is 18.1 Å². The molecule has 1 aromatic heterocycles. The Hall–Kier alpha value is -1.87. The van der Waals surface area contributed by atoms with E-state index in [1.165, 1.54) is 0 Å². The van der Waals surface area contributed by atoms with Gasteiger partial charge in [0.15, 0.2) is 15.8 Å². The molecular weight excluding hydrogens is 408 g/mol. The minimum absolute atomic E-state index is 0.0352. The van der Waals surface area contributed by atoms with Crippen LogP contribution in [0.3, 0.4) is 0 Å². The van der Waals surface area contributed by atoms with Gasteiger partial charge in [-0.3, -0.25) is 4.99 Å². The highest BCUT2D eigenvalue weighted by Gasteiger charge is 2.14. The van der Waals surface area contributed by atoms with Gasteiger partial charge in [-0.2, -0.15) is 0 Å². The maximum Gasteiger partial charge on any atom is 0.214 e. The summed E-state index contributed by atoms with van der Waals surface area (Å²) in [6.07, 6.45) is 0. The molecule has 0 atom stereocenters. The van der Waals surface area contributed by atoms with Crippen molar-refractivity contribution in [3.63, 3.8) is 0 Å². The molecule has 0 aliphatic heterocycles. The smallest absolute Gasteiger partial charge is 0.214 e. The normalized spacial score (nSPS) is 12.2. The molecule has 0 aliphatic carbocycles. The van der Waals surface area contributed by atoms with Crippen LogP contribution in [0.1, 0.15) is 17.3 Å². The minimum Gasteiger partial charge on any atom is -0.444 e. The number of aryl methyl sites for hydroxylation is 2. The van der Waals surface area contributed by atoms with Gasteiger partial charge in [0.2, 0.25) is 5.89 Å². The Morgan fingerprint density at radius 1 is 1.24 bits per heavy atom. The number of hydrogen-bond acceptors (Lipinski definition) is 5. The number of nitrogens with one attached hydrogen (secondary N) is 2. The Kier molecular flexibility index (Phi) is 6.60. The Morgan fingerprint density at radius 3 is 2.48 bits per heavy atom. The minimum atomic E-state index is -3.35. The number of sulfone groups is 1. The lowest BCUT2D eigenvalue weighted by Gasteiger charge is -2.11. The van der Waals surface area contributed by atoms with E-state index in [0.717, 1.165) is 15.9 Å². The first kappa shape index (κ1) is 19.5. The van der Waals surface area contributed by atoms with Crippen molar-refractivity contribution in [2.45, 2.75) is 25.3 Å². The fourth-order valence-electron chi connectivity index (χ4n) is 2.06. The van der Waals surface area contributed by atoms with E-state index < -0.39 is 9.84 Å². The molecule has 0 saturated carbocycles. The Morgan fingerprint density at radius 2 is 1.92 bits per heavy atom. The largest absolute Gasteiger partial charge is 0.444 e. The monoisotopic (exact) mass is 428 g/mol. The van der Waals surface area contributed by atoms with Gasteiger partial charge >= 0.3 is 0 Å². The van der Waals surface area contributed by atoms with Crippen molar-refractivity contribution < 1.29 is 12.8 Å². The Balaban J connectivity index is 1.85. The van der Waals surface area contributed by atoms with Crippen LogP contribution in [-0.2, 0) is 16.4 Å². The summed E-state index contributed by atoms with van der Waals surface area (Å²) in [4.78, 5) is 8.63. The topological polar surface area (TPSA) is 96.6 Å². The Labute approximate surface area is 156 Å². The number of rotatable bonds is 6. The predicted octanol–water partition coefficient (Wildman–Crippen LogP) is 2.19. The zero-order chi connectivity index (χ0) is 18.4. The number of oxazole rings is 1. The first-order chi connectivity index (χ1) is 11.8. The predicted molar refractivity (Wildman–Crippen MR) is 100 cm³/mol. The van der Waals surface area contributed by atoms with E-state index in [0.29, 0.717) is 23.3 Å². The fraction of sp³-hybridized carbons (Fsp3) is 0.375. The first-order valence-electron chi connectivity index (χ1n) is 7.67. The molecule has 0 fully saturated rings. The van der Waals surface area contributed by atoms with Gasteiger partial charge in [0.05, 0.1) is 22.9 Å². The molecule has 0 aliphatic rings. The highest BCUT2D eigenvalue weighted by molar-refractivity contribution is 9.10. The molecule has 0 radical (unpaired) electrons. The van der Waals surface area contributed by atoms with E-state index in [2.05, 4.69) is 36.5 Å². The third-order valence-corrected chi connectivity index (χ3v) is 5.80. The van der Waals surface area contributed by atoms with Gasteiger partial charge in [0.25, 0.3) is 0 Å². The molecule has 0 saturated heterocycles. The summed E-state index contributed by atoms with van der Waals surface area (Å²) in [7, 11) is -1.73. The highest BCUT2D eigenvalue weighted by atomic mass is 79.9. The highest BCUT2D eigenvalue weighted by Crippen LogP contribution is 2.15. The summed E-state index contributed by atoms with van der Waals surface area (Å²) in [5, 5.41) is 6.02. The third kappa shape index (κ3) is 5.57. The van der Waals surface area contributed by atoms with E-state index >= 15 is 0 Å². The van der Waals surface area contributed by atoms with Gasteiger partial charge in [-0.15, -0.1) is 0 Å². The zero-order valence-electron chi connectivity index (χ0n) is 14.3. The van der Waals surface area contributed by atoms with Crippen molar-refractivity contribution in [3.8, 4) is 0 Å². The molecule has 0 unspecified atom stereocenters. The van der Waals surface area contributed by atoms with E-state index in [4.69, 9.17) is 4.42 Å². The molecule has 0 bridgehead atoms. The second kappa shape index (κ2) is 8.48. The lowest BCUT2D eigenvalue weighted by molar-refractivity contribution is 0.464. The Bertz CT molecular complexity index is 825. The van der Waals surface area contributed by atoms with Crippen molar-refractivity contribution >= 4 is 31.7 Å². The van der Waals surface area contributed by atoms with Gasteiger partial charge in [-0.25, -0.2) is 13.4 Å². The molecule has 25 heavy (non-hydrogen) atoms. The molecule has 2 rings (SSSR count). The fourth-order valence-corrected chi connectivity index (χ4v) is 3.48. The molecule has 0 amide bonds. The van der Waals surface area contributed by atoms with Crippen LogP contribution in [-0.4, -0.2) is 38.7 Å². The molecule has 0 spiro atoms. The summed E-state index contributed by atoms with van der Waals surface area (Å²) < 4.78 is 30.9. The molecule has 2 N–H and O–H groups in total. The SMILES string of the molecule is CN=C(NCCS(=O)(=O)c1ccc(Br)cc1)NCc1nc(C)c(C)o1. The molecular formula is C16H21BrN4O3S. The van der Waals surface area contributed by atoms with E-state index in [-0.39, 0.29) is 12.3 Å². The summed E-state index contributed by atoms with van der Waals surface area (Å²) >= 11 is 3.29. The number of hydrogen-bond donors (Lipinski definition) is 2. The van der Waals surface area contributed by atoms with E-state index in [9.17, 15) is 8.42 Å². The van der Waals surface area contributed by atoms with Gasteiger partial charge in [0.1, 0.15) is 5.76 Å². The van der Waals surface area contributed by atoms with Crippen LogP contribution in [0.4, 0.5) is 0 Å². The van der Waals surface area contributed by atoms with E-state index in [1.54, 1.807) is 31.3 Å². The maximum absolute atomic E-state index is 12.3. The van der Waals surface area contributed by atoms with Crippen molar-refractivity contribution in [2.24, 2.45) is 4.99 Å². The van der Waals surface area contributed by atoms with Crippen LogP contribution in [0.25, 0.3) is 0 Å². The van der Waals surface area contributed by atoms with Crippen molar-refractivity contribution in [1.82, 2.24) is 15.6 Å². The second-order valence-electron chi connectivity index (χ2n) is 5.37. The average molecular weight is 429 g/mol. The van der Waals surface area contributed by atoms with Crippen molar-refractivity contribution in [1.29, 1.82) is 0 Å². The molecule has 136 valence electrons. The molecule has 2 aromatic rings. The number of nitrogens with zero attached hydrogens (tertiary/aromatic N) is 2. The second-order valence-corrected chi connectivity index (χ2v) is 8.40. The third-order valence-electron chi connectivity index (χ3n) is 3.54. The van der Waals surface area contributed by atoms with Crippen LogP contribution in [0.2, 0.25) is 0 Å². The number of aromatic nitrogens is 1. The lowest BCUT2D eigenvalue weighted by Crippen LogP contribution is -2.39. The summed E-state index contributed by atoms with van der Waals surface area (Å²) in [5.41, 5.74) is 0.848. The van der Waals surface area contributed by atoms with Gasteiger partial charge < -0.3 is 15.1 Å². The molecule has 7 nitrogen and oxygen atoms in total. The lowest BCUT2D eigenvalue weighted by atomic mass is 10.4. The first-order valence-corrected chi connectivity index (χ1v) is 10.1. The zero-order valence-corrected chi connectivity index (χ0v) is 16.7. The molecule has 9 heteroatoms. The van der Waals surface area contributed by atoms with Crippen LogP contribution < -0.4 is 10.6 Å². The quantitative estimate of drug-likeness (QED) is 0.540. The molecule has 1 heterocycles. The van der Waals surface area contributed by atoms with Crippen molar-refractivity contribution in [2.75, 3.05) is 19.3 Å². The average Bonchev–Trinajstić information content (AvgIpc) is 2.89. The summed E-state index contributed by atoms with van der Waals surface area (Å²) in [5.74, 6) is 1.78. The number of aliphatic imine (C=N–C) groups is 1. The van der Waals surface area contributed by atoms with Gasteiger partial charge in [-0.1, -0.05) is 15.9 Å². The van der Waals surface area contributed by atoms with Gasteiger partial charge in [-0.05, 0) is 38.1 Å². The van der Waals surface area contributed by atoms with E-state index in [1.807, 2.05) is 13.8 Å². The summed E-state index contributed by atoms with van der Waals surface area (Å²) in [6.45, 7) is 4.34. The number of guanidine groups is 1. The van der Waals surface area contributed by atoms with Crippen LogP contribution in [0, 0.1) is 13.8 Å².